The lowest BCUT2D eigenvalue weighted by Gasteiger charge is -2.26. The summed E-state index contributed by atoms with van der Waals surface area (Å²) in [6, 6.07) is 21.7. The molecule has 2 aromatic carbocycles. The van der Waals surface area contributed by atoms with Crippen LogP contribution in [0.5, 0.6) is 34.8 Å². The lowest BCUT2D eigenvalue weighted by molar-refractivity contribution is 0.390. The van der Waals surface area contributed by atoms with Crippen LogP contribution in [0.2, 0.25) is 25.7 Å². The summed E-state index contributed by atoms with van der Waals surface area (Å²) in [5.41, 5.74) is 1.86. The van der Waals surface area contributed by atoms with Gasteiger partial charge in [-0.05, 0) is 42.4 Å². The molecular formula is C42H59N9O10S2Si. The number of sulfonamides is 1. The van der Waals surface area contributed by atoms with Gasteiger partial charge in [-0.1, -0.05) is 58.8 Å². The number of nitrogens with zero attached hydrogens (tertiary/aromatic N) is 9. The van der Waals surface area contributed by atoms with Gasteiger partial charge in [-0.3, -0.25) is 9.13 Å². The lowest BCUT2D eigenvalue weighted by atomic mass is 10.2. The fraction of sp³-hybridized carbons (Fsp3) is 0.381. The van der Waals surface area contributed by atoms with E-state index in [2.05, 4.69) is 50.0 Å². The number of sulfone groups is 1. The van der Waals surface area contributed by atoms with Gasteiger partial charge in [0.1, 0.15) is 51.5 Å². The maximum Gasteiger partial charge on any atom is 0.246 e. The summed E-state index contributed by atoms with van der Waals surface area (Å²) in [5.74, 6) is 3.32. The summed E-state index contributed by atoms with van der Waals surface area (Å²) < 4.78 is 87.0. The number of rotatable bonds is 17. The number of pyridine rings is 2. The number of hydrogen-bond acceptors (Lipinski definition) is 16. The maximum atomic E-state index is 12.9. The highest BCUT2D eigenvalue weighted by Crippen LogP contribution is 2.39. The largest absolute Gasteiger partial charge is 0.494 e. The number of aromatic nitrogens is 8. The highest BCUT2D eigenvalue weighted by Gasteiger charge is 2.31. The highest BCUT2D eigenvalue weighted by atomic mass is 32.2. The van der Waals surface area contributed by atoms with E-state index in [1.165, 1.54) is 53.2 Å². The normalized spacial score (nSPS) is 11.2. The van der Waals surface area contributed by atoms with Crippen molar-refractivity contribution in [2.24, 2.45) is 0 Å². The van der Waals surface area contributed by atoms with Gasteiger partial charge in [0.15, 0.2) is 27.3 Å². The monoisotopic (exact) mass is 941 g/mol. The van der Waals surface area contributed by atoms with Crippen LogP contribution >= 0.6 is 0 Å². The molecule has 6 rings (SSSR count). The first-order chi connectivity index (χ1) is 29.4. The Bertz CT molecular complexity index is 2680. The third kappa shape index (κ3) is 12.3. The quantitative estimate of drug-likeness (QED) is 0.0878. The number of methoxy groups -OCH3 is 6. The third-order valence-electron chi connectivity index (χ3n) is 9.03. The van der Waals surface area contributed by atoms with Crippen LogP contribution in [0.25, 0.3) is 34.4 Å². The molecule has 4 heterocycles. The average Bonchev–Trinajstić information content (AvgIpc) is 3.85. The van der Waals surface area contributed by atoms with Crippen LogP contribution in [0.1, 0.15) is 20.7 Å². The van der Waals surface area contributed by atoms with E-state index in [9.17, 15) is 16.8 Å². The van der Waals surface area contributed by atoms with E-state index in [1.54, 1.807) is 81.9 Å². The molecule has 0 spiro atoms. The molecule has 0 saturated carbocycles. The molecule has 0 radical (unpaired) electrons. The second-order valence-corrected chi connectivity index (χ2v) is 24.5. The summed E-state index contributed by atoms with van der Waals surface area (Å²) in [6.07, 6.45) is 2.30. The lowest BCUT2D eigenvalue weighted by Crippen LogP contribution is -2.37. The van der Waals surface area contributed by atoms with Crippen LogP contribution in [0.3, 0.4) is 0 Å². The van der Waals surface area contributed by atoms with Crippen LogP contribution in [0.15, 0.2) is 72.8 Å². The van der Waals surface area contributed by atoms with Gasteiger partial charge < -0.3 is 28.4 Å². The summed E-state index contributed by atoms with van der Waals surface area (Å²) in [6.45, 7) is 6.84. The van der Waals surface area contributed by atoms with Crippen LogP contribution in [0, 0.1) is 0 Å². The molecular weight excluding hydrogens is 883 g/mol. The molecule has 0 fully saturated rings. The van der Waals surface area contributed by atoms with Crippen LogP contribution in [-0.4, -0.2) is 126 Å². The predicted octanol–water partition coefficient (Wildman–Crippen LogP) is 6.63. The average molecular weight is 942 g/mol. The molecule has 0 N–H and O–H groups in total. The van der Waals surface area contributed by atoms with Crippen molar-refractivity contribution in [1.29, 1.82) is 0 Å². The highest BCUT2D eigenvalue weighted by molar-refractivity contribution is 7.92. The van der Waals surface area contributed by atoms with Crippen molar-refractivity contribution in [2.75, 3.05) is 66.0 Å². The van der Waals surface area contributed by atoms with Gasteiger partial charge in [-0.2, -0.15) is 0 Å². The zero-order valence-electron chi connectivity index (χ0n) is 36.5. The van der Waals surface area contributed by atoms with Crippen molar-refractivity contribution in [3.8, 4) is 69.2 Å². The molecule has 0 unspecified atom stereocenters. The Morgan fingerprint density at radius 2 is 0.969 bits per heavy atom. The van der Waals surface area contributed by atoms with Gasteiger partial charge >= 0.3 is 0 Å². The van der Waals surface area contributed by atoms with Gasteiger partial charge in [0.25, 0.3) is 0 Å². The fourth-order valence-corrected chi connectivity index (χ4v) is 8.67. The number of ether oxygens (including phenoxy) is 6. The Balaban J connectivity index is 0.000000335. The van der Waals surface area contributed by atoms with E-state index in [-0.39, 0.29) is 38.9 Å². The second-order valence-electron chi connectivity index (χ2n) is 14.8. The van der Waals surface area contributed by atoms with E-state index in [0.29, 0.717) is 69.2 Å². The van der Waals surface area contributed by atoms with E-state index >= 15 is 0 Å². The Labute approximate surface area is 377 Å². The zero-order chi connectivity index (χ0) is 45.4. The van der Waals surface area contributed by atoms with Gasteiger partial charge in [0.2, 0.25) is 27.7 Å². The zero-order valence-corrected chi connectivity index (χ0v) is 39.1. The number of benzene rings is 2. The van der Waals surface area contributed by atoms with E-state index < -0.39 is 27.9 Å². The molecule has 64 heavy (non-hydrogen) atoms. The molecule has 0 atom stereocenters. The number of para-hydroxylation sites is 2. The summed E-state index contributed by atoms with van der Waals surface area (Å²) in [4.78, 5) is 8.88. The minimum Gasteiger partial charge on any atom is -0.494 e. The van der Waals surface area contributed by atoms with Crippen molar-refractivity contribution in [2.45, 2.75) is 46.3 Å². The van der Waals surface area contributed by atoms with Crippen LogP contribution in [0.4, 0.5) is 5.95 Å². The van der Waals surface area contributed by atoms with Crippen molar-refractivity contribution in [1.82, 2.24) is 39.5 Å². The maximum absolute atomic E-state index is 12.9. The first-order valence-corrected chi connectivity index (χ1v) is 26.5. The first-order valence-electron chi connectivity index (χ1n) is 18.9. The molecule has 19 nitrogen and oxygen atoms in total. The van der Waals surface area contributed by atoms with E-state index in [0.717, 1.165) is 12.3 Å². The van der Waals surface area contributed by atoms with E-state index in [1.807, 2.05) is 0 Å². The Morgan fingerprint density at radius 3 is 1.36 bits per heavy atom. The summed E-state index contributed by atoms with van der Waals surface area (Å²) in [5, 5.41) is 17.0. The summed E-state index contributed by atoms with van der Waals surface area (Å²) in [7, 11) is 0.489. The molecule has 0 aliphatic heterocycles. The van der Waals surface area contributed by atoms with E-state index in [4.69, 9.17) is 28.4 Å². The Morgan fingerprint density at radius 1 is 0.562 bits per heavy atom. The van der Waals surface area contributed by atoms with Gasteiger partial charge in [0, 0.05) is 33.0 Å². The molecule has 0 saturated heterocycles. The smallest absolute Gasteiger partial charge is 0.246 e. The molecule has 6 aromatic rings. The van der Waals surface area contributed by atoms with Crippen LogP contribution in [-0.2, 0) is 25.6 Å². The molecule has 0 amide bonds. The van der Waals surface area contributed by atoms with Crippen molar-refractivity contribution in [3.63, 3.8) is 0 Å². The molecule has 4 aromatic heterocycles. The van der Waals surface area contributed by atoms with Crippen molar-refractivity contribution >= 4 is 33.9 Å². The molecule has 348 valence electrons. The Hall–Kier alpha value is -6.26. The Kier molecular flexibility index (Phi) is 17.8. The van der Waals surface area contributed by atoms with Crippen LogP contribution < -0.4 is 32.7 Å². The standard InChI is InChI=1S/C22H31N5O5SSi.C18H20N4O5S.2CH4/c1-30-17-11-9-12-18(31-2)20(17)27-21(16-10-8-13-19(23-16)32-3)24-25-22(27)26(33(4,28)29)14-15-34(5,6)7;1-25-13-8-6-9-14(26-2)17(13)22-15(11-28(4,23)24)20-21-18(22)12-7-5-10-16(19-12)27-3;;/h8-13H,14-15H2,1-7H3;5-10H,11H2,1-4H3;2*1H4. The van der Waals surface area contributed by atoms with Crippen molar-refractivity contribution < 1.29 is 45.3 Å². The third-order valence-corrected chi connectivity index (χ3v) is 12.7. The molecule has 0 aliphatic rings. The number of hydrogen-bond donors (Lipinski definition) is 0. The minimum absolute atomic E-state index is 0. The van der Waals surface area contributed by atoms with Gasteiger partial charge in [-0.25, -0.2) is 31.1 Å². The topological polar surface area (TPSA) is 214 Å². The summed E-state index contributed by atoms with van der Waals surface area (Å²) >= 11 is 0. The fourth-order valence-electron chi connectivity index (χ4n) is 6.12. The molecule has 22 heteroatoms. The molecule has 0 bridgehead atoms. The van der Waals surface area contributed by atoms with Gasteiger partial charge in [0.05, 0.1) is 48.9 Å². The molecule has 0 aliphatic carbocycles. The van der Waals surface area contributed by atoms with Crippen molar-refractivity contribution in [3.05, 3.63) is 78.6 Å². The second kappa shape index (κ2) is 21.9. The number of anilines is 1. The SMILES string of the molecule is C.C.COc1cccc(-c2nnc(CS(C)(=O)=O)n2-c2c(OC)cccc2OC)n1.COc1cccc(-c2nnc(N(CC[Si](C)(C)C)S(C)(=O)=O)n2-c2c(OC)cccc2OC)n1. The predicted molar refractivity (Wildman–Crippen MR) is 251 cm³/mol. The first kappa shape index (κ1) is 52.1. The van der Waals surface area contributed by atoms with Gasteiger partial charge in [-0.15, -0.1) is 20.4 Å². The minimum atomic E-state index is -3.69.